The van der Waals surface area contributed by atoms with Crippen LogP contribution in [0, 0.1) is 0 Å². The van der Waals surface area contributed by atoms with Crippen molar-refractivity contribution in [3.8, 4) is 0 Å². The van der Waals surface area contributed by atoms with Gasteiger partial charge in [0.2, 0.25) is 0 Å². The van der Waals surface area contributed by atoms with Crippen molar-refractivity contribution in [1.29, 1.82) is 0 Å². The Balaban J connectivity index is 1.92. The van der Waals surface area contributed by atoms with Gasteiger partial charge in [-0.15, -0.1) is 0 Å². The Labute approximate surface area is 125 Å². The zero-order chi connectivity index (χ0) is 14.8. The third-order valence-corrected chi connectivity index (χ3v) is 4.43. The van der Waals surface area contributed by atoms with Crippen LogP contribution in [0.15, 0.2) is 34.7 Å². The molecule has 1 aromatic carbocycles. The Morgan fingerprint density at radius 2 is 2.10 bits per heavy atom. The first-order valence-electron chi connectivity index (χ1n) is 7.52. The Bertz CT molecular complexity index is 564. The largest absolute Gasteiger partial charge is 0.459 e. The number of nitrogens with one attached hydrogen (secondary N) is 1. The molecule has 2 heterocycles. The number of furan rings is 1. The highest BCUT2D eigenvalue weighted by molar-refractivity contribution is 5.77. The first-order valence-corrected chi connectivity index (χ1v) is 7.52. The molecule has 114 valence electrons. The molecule has 3 N–H and O–H groups in total. The van der Waals surface area contributed by atoms with Crippen molar-refractivity contribution in [2.45, 2.75) is 18.5 Å². The molecule has 21 heavy (non-hydrogen) atoms. The Morgan fingerprint density at radius 3 is 2.86 bits per heavy atom. The number of para-hydroxylation sites is 1. The summed E-state index contributed by atoms with van der Waals surface area (Å²) >= 11 is 0. The van der Waals surface area contributed by atoms with Crippen LogP contribution < -0.4 is 11.3 Å². The van der Waals surface area contributed by atoms with Gasteiger partial charge in [0.1, 0.15) is 11.3 Å². The van der Waals surface area contributed by atoms with Crippen molar-refractivity contribution < 1.29 is 4.42 Å². The van der Waals surface area contributed by atoms with Gasteiger partial charge in [-0.25, -0.2) is 5.43 Å². The molecule has 0 bridgehead atoms. The minimum Gasteiger partial charge on any atom is -0.459 e. The van der Waals surface area contributed by atoms with Crippen LogP contribution in [0.2, 0.25) is 0 Å². The maximum atomic E-state index is 6.01. The zero-order valence-electron chi connectivity index (χ0n) is 12.7. The molecule has 2 unspecified atom stereocenters. The van der Waals surface area contributed by atoms with Crippen LogP contribution in [-0.4, -0.2) is 49.6 Å². The summed E-state index contributed by atoms with van der Waals surface area (Å²) in [6.07, 6.45) is 1.18. The molecule has 1 fully saturated rings. The Kier molecular flexibility index (Phi) is 4.26. The minimum atomic E-state index is -0.0112. The summed E-state index contributed by atoms with van der Waals surface area (Å²) in [6, 6.07) is 10.5. The van der Waals surface area contributed by atoms with E-state index in [1.54, 1.807) is 0 Å². The third-order valence-electron chi connectivity index (χ3n) is 4.43. The number of likely N-dealkylation sites (N-methyl/N-ethyl adjacent to an activating group) is 2. The van der Waals surface area contributed by atoms with Crippen LogP contribution in [0.1, 0.15) is 18.2 Å². The summed E-state index contributed by atoms with van der Waals surface area (Å²) in [5, 5.41) is 1.12. The van der Waals surface area contributed by atoms with Crippen LogP contribution in [0.4, 0.5) is 0 Å². The van der Waals surface area contributed by atoms with Gasteiger partial charge in [0, 0.05) is 18.0 Å². The van der Waals surface area contributed by atoms with Crippen molar-refractivity contribution in [2.75, 3.05) is 33.7 Å². The molecule has 2 atom stereocenters. The fraction of sp³-hybridized carbons (Fsp3) is 0.500. The molecular formula is C16H24N4O. The SMILES string of the molecule is CN1CCCN(C)C(C(NN)c2cc3ccccc3o2)C1. The molecule has 0 aliphatic carbocycles. The molecule has 2 aromatic rings. The van der Waals surface area contributed by atoms with E-state index in [1.807, 2.05) is 18.2 Å². The standard InChI is InChI=1S/C16H24N4O/c1-19-8-5-9-20(2)13(11-19)16(18-17)15-10-12-6-3-4-7-14(12)21-15/h3-4,6-7,10,13,16,18H,5,8-9,11,17H2,1-2H3. The number of hydrazine groups is 1. The lowest BCUT2D eigenvalue weighted by atomic mass is 10.0. The van der Waals surface area contributed by atoms with Crippen LogP contribution in [0.25, 0.3) is 11.0 Å². The van der Waals surface area contributed by atoms with E-state index in [1.165, 1.54) is 6.42 Å². The first-order chi connectivity index (χ1) is 10.2. The molecule has 5 nitrogen and oxygen atoms in total. The molecule has 1 aliphatic heterocycles. The number of nitrogens with two attached hydrogens (primary N) is 1. The molecule has 5 heteroatoms. The highest BCUT2D eigenvalue weighted by Gasteiger charge is 2.31. The van der Waals surface area contributed by atoms with Crippen LogP contribution in [0.3, 0.4) is 0 Å². The molecule has 0 amide bonds. The quantitative estimate of drug-likeness (QED) is 0.663. The van der Waals surface area contributed by atoms with E-state index in [-0.39, 0.29) is 6.04 Å². The predicted octanol–water partition coefficient (Wildman–Crippen LogP) is 1.57. The average molecular weight is 288 g/mol. The summed E-state index contributed by atoms with van der Waals surface area (Å²) in [5.74, 6) is 6.77. The fourth-order valence-corrected chi connectivity index (χ4v) is 3.20. The number of benzene rings is 1. The summed E-state index contributed by atoms with van der Waals surface area (Å²) in [5.41, 5.74) is 3.88. The second-order valence-electron chi connectivity index (χ2n) is 5.99. The van der Waals surface area contributed by atoms with Gasteiger partial charge >= 0.3 is 0 Å². The lowest BCUT2D eigenvalue weighted by Gasteiger charge is -2.33. The Hall–Kier alpha value is -1.40. The first kappa shape index (κ1) is 14.5. The van der Waals surface area contributed by atoms with Gasteiger partial charge in [0.25, 0.3) is 0 Å². The molecule has 1 saturated heterocycles. The van der Waals surface area contributed by atoms with Crippen molar-refractivity contribution in [3.05, 3.63) is 36.1 Å². The number of hydrogen-bond acceptors (Lipinski definition) is 5. The highest BCUT2D eigenvalue weighted by Crippen LogP contribution is 2.28. The second-order valence-corrected chi connectivity index (χ2v) is 5.99. The molecule has 0 spiro atoms. The molecule has 1 aromatic heterocycles. The lowest BCUT2D eigenvalue weighted by Crippen LogP contribution is -2.48. The number of nitrogens with zero attached hydrogens (tertiary/aromatic N) is 2. The summed E-state index contributed by atoms with van der Waals surface area (Å²) in [7, 11) is 4.33. The predicted molar refractivity (Wildman–Crippen MR) is 84.8 cm³/mol. The Morgan fingerprint density at radius 1 is 1.29 bits per heavy atom. The smallest absolute Gasteiger partial charge is 0.134 e. The van der Waals surface area contributed by atoms with E-state index in [0.29, 0.717) is 6.04 Å². The van der Waals surface area contributed by atoms with Crippen molar-refractivity contribution in [2.24, 2.45) is 5.84 Å². The molecular weight excluding hydrogens is 264 g/mol. The van der Waals surface area contributed by atoms with Gasteiger partial charge < -0.3 is 14.2 Å². The van der Waals surface area contributed by atoms with Gasteiger partial charge in [-0.2, -0.15) is 0 Å². The maximum absolute atomic E-state index is 6.01. The van der Waals surface area contributed by atoms with Gasteiger partial charge in [-0.05, 0) is 45.7 Å². The summed E-state index contributed by atoms with van der Waals surface area (Å²) < 4.78 is 6.01. The summed E-state index contributed by atoms with van der Waals surface area (Å²) in [4.78, 5) is 4.74. The van der Waals surface area contributed by atoms with Crippen molar-refractivity contribution >= 4 is 11.0 Å². The van der Waals surface area contributed by atoms with E-state index in [4.69, 9.17) is 10.3 Å². The van der Waals surface area contributed by atoms with E-state index in [9.17, 15) is 0 Å². The van der Waals surface area contributed by atoms with Crippen molar-refractivity contribution in [3.63, 3.8) is 0 Å². The summed E-state index contributed by atoms with van der Waals surface area (Å²) in [6.45, 7) is 3.17. The molecule has 3 rings (SSSR count). The number of fused-ring (bicyclic) bond motifs is 1. The van der Waals surface area contributed by atoms with E-state index < -0.39 is 0 Å². The lowest BCUT2D eigenvalue weighted by molar-refractivity contribution is 0.167. The van der Waals surface area contributed by atoms with E-state index in [2.05, 4.69) is 41.5 Å². The monoisotopic (exact) mass is 288 g/mol. The van der Waals surface area contributed by atoms with E-state index >= 15 is 0 Å². The number of rotatable bonds is 3. The van der Waals surface area contributed by atoms with Gasteiger partial charge in [0.15, 0.2) is 0 Å². The van der Waals surface area contributed by atoms with Crippen LogP contribution >= 0.6 is 0 Å². The third kappa shape index (κ3) is 2.96. The van der Waals surface area contributed by atoms with Crippen LogP contribution in [-0.2, 0) is 0 Å². The van der Waals surface area contributed by atoms with Gasteiger partial charge in [0.05, 0.1) is 6.04 Å². The topological polar surface area (TPSA) is 57.7 Å². The molecule has 0 radical (unpaired) electrons. The van der Waals surface area contributed by atoms with Crippen molar-refractivity contribution in [1.82, 2.24) is 15.2 Å². The normalized spacial score (nSPS) is 23.3. The number of hydrogen-bond donors (Lipinski definition) is 2. The zero-order valence-corrected chi connectivity index (χ0v) is 12.7. The average Bonchev–Trinajstić information content (AvgIpc) is 2.82. The van der Waals surface area contributed by atoms with Crippen LogP contribution in [0.5, 0.6) is 0 Å². The second kappa shape index (κ2) is 6.15. The van der Waals surface area contributed by atoms with Gasteiger partial charge in [-0.1, -0.05) is 18.2 Å². The van der Waals surface area contributed by atoms with Gasteiger partial charge in [-0.3, -0.25) is 5.84 Å². The van der Waals surface area contributed by atoms with E-state index in [0.717, 1.165) is 36.4 Å². The molecule has 0 saturated carbocycles. The molecule has 1 aliphatic rings. The maximum Gasteiger partial charge on any atom is 0.134 e. The minimum absolute atomic E-state index is 0.0112. The fourth-order valence-electron chi connectivity index (χ4n) is 3.20. The highest BCUT2D eigenvalue weighted by atomic mass is 16.3.